The number of amides is 1. The first kappa shape index (κ1) is 57.4. The molecule has 0 saturated heterocycles. The van der Waals surface area contributed by atoms with Gasteiger partial charge in [0.2, 0.25) is 5.91 Å². The van der Waals surface area contributed by atoms with Gasteiger partial charge in [0.15, 0.2) is 0 Å². The van der Waals surface area contributed by atoms with E-state index in [0.717, 1.165) is 96.3 Å². The van der Waals surface area contributed by atoms with Crippen molar-refractivity contribution < 1.29 is 37.9 Å². The molecule has 61 heavy (non-hydrogen) atoms. The normalized spacial score (nSPS) is 14.4. The molecule has 0 aromatic heterocycles. The van der Waals surface area contributed by atoms with E-state index in [-0.39, 0.29) is 32.1 Å². The van der Waals surface area contributed by atoms with Gasteiger partial charge in [0.1, 0.15) is 12.7 Å². The van der Waals surface area contributed by atoms with Gasteiger partial charge in [-0.1, -0.05) is 167 Å². The summed E-state index contributed by atoms with van der Waals surface area (Å²) in [6, 6.07) is 0. The first-order valence-electron chi connectivity index (χ1n) is 23.0. The molecule has 0 aliphatic heterocycles. The number of carbonyl (C=O) groups is 2. The minimum absolute atomic E-state index is 0.0612. The van der Waals surface area contributed by atoms with Crippen LogP contribution in [0, 0.1) is 0 Å². The average molecular weight is 868 g/mol. The van der Waals surface area contributed by atoms with E-state index >= 15 is 0 Å². The number of hydrogen-bond donors (Lipinski definition) is 3. The summed E-state index contributed by atoms with van der Waals surface area (Å²) in [6.07, 6.45) is 62.8. The molecule has 0 fully saturated rings. The van der Waals surface area contributed by atoms with Gasteiger partial charge >= 0.3 is 13.8 Å². The van der Waals surface area contributed by atoms with Gasteiger partial charge in [-0.15, -0.1) is 0 Å². The first-order chi connectivity index (χ1) is 29.8. The summed E-state index contributed by atoms with van der Waals surface area (Å²) < 4.78 is 26.9. The minimum Gasteiger partial charge on any atom is -0.463 e. The van der Waals surface area contributed by atoms with E-state index in [1.807, 2.05) is 6.08 Å². The maximum atomic E-state index is 12.1. The third-order valence-corrected chi connectivity index (χ3v) is 9.87. The second-order valence-corrected chi connectivity index (χ2v) is 16.1. The smallest absolute Gasteiger partial charge is 0.463 e. The number of carbonyl (C=O) groups excluding carboxylic acids is 2. The lowest BCUT2D eigenvalue weighted by Crippen LogP contribution is -2.27. The summed E-state index contributed by atoms with van der Waals surface area (Å²) >= 11 is 0. The largest absolute Gasteiger partial charge is 0.472 e. The molecule has 344 valence electrons. The number of unbranched alkanes of at least 4 members (excludes halogenated alkanes) is 8. The SMILES string of the molecule is CC/C=C\C/C=C\C/C=C\C/C=C\C/C=C\C/C=C\C/C=C\CCCC(=O)OCC(O)COP(=O)(O)OCCNC(=O)CCCCCCCCC/C=C\C/C=C\C/C=C\CC. The van der Waals surface area contributed by atoms with Crippen molar-refractivity contribution in [2.24, 2.45) is 0 Å². The van der Waals surface area contributed by atoms with Crippen LogP contribution in [-0.4, -0.2) is 54.3 Å². The summed E-state index contributed by atoms with van der Waals surface area (Å²) in [7, 11) is -4.44. The van der Waals surface area contributed by atoms with Crippen molar-refractivity contribution in [3.63, 3.8) is 0 Å². The van der Waals surface area contributed by atoms with Gasteiger partial charge in [-0.3, -0.25) is 18.6 Å². The Morgan fingerprint density at radius 1 is 0.508 bits per heavy atom. The highest BCUT2D eigenvalue weighted by Gasteiger charge is 2.23. The molecule has 0 aromatic rings. The Labute approximate surface area is 370 Å². The van der Waals surface area contributed by atoms with Crippen molar-refractivity contribution in [2.75, 3.05) is 26.4 Å². The van der Waals surface area contributed by atoms with Gasteiger partial charge in [0.05, 0.1) is 13.2 Å². The second-order valence-electron chi connectivity index (χ2n) is 14.6. The van der Waals surface area contributed by atoms with Crippen molar-refractivity contribution >= 4 is 19.7 Å². The Morgan fingerprint density at radius 3 is 1.36 bits per heavy atom. The first-order valence-corrected chi connectivity index (χ1v) is 24.5. The van der Waals surface area contributed by atoms with Crippen LogP contribution in [0.15, 0.2) is 122 Å². The number of rotatable bonds is 41. The molecule has 0 aromatic carbocycles. The van der Waals surface area contributed by atoms with Crippen molar-refractivity contribution in [1.29, 1.82) is 0 Å². The van der Waals surface area contributed by atoms with Crippen molar-refractivity contribution in [3.05, 3.63) is 122 Å². The van der Waals surface area contributed by atoms with E-state index in [2.05, 4.69) is 135 Å². The zero-order valence-electron chi connectivity index (χ0n) is 37.8. The standard InChI is InChI=1S/C51H82NO8P/c1-3-5-7-9-11-13-15-17-19-21-22-23-24-25-26-28-30-32-34-36-38-40-42-44-51(55)58-47-49(53)48-60-61(56,57)59-46-45-52-50(54)43-41-39-37-35-33-31-29-27-20-18-16-14-12-10-8-6-4-2/h5-8,11-14,17-20,22-23,25-26,30,32,36,38,49,53H,3-4,9-10,15-16,21,24,27-29,31,33-35,37,39-48H2,1-2H3,(H,52,54)(H,56,57)/b7-5-,8-6-,13-11-,14-12-,19-17-,20-18-,23-22-,26-25-,32-30-,38-36-. The Bertz CT molecular complexity index is 1400. The molecule has 0 heterocycles. The molecular formula is C51H82NO8P. The zero-order chi connectivity index (χ0) is 44.6. The maximum Gasteiger partial charge on any atom is 0.472 e. The van der Waals surface area contributed by atoms with Gasteiger partial charge < -0.3 is 20.1 Å². The Kier molecular flexibility index (Phi) is 43.2. The summed E-state index contributed by atoms with van der Waals surface area (Å²) in [6.45, 7) is 3.23. The molecule has 0 aliphatic carbocycles. The van der Waals surface area contributed by atoms with E-state index in [1.165, 1.54) is 25.7 Å². The number of ether oxygens (including phenoxy) is 1. The molecule has 0 radical (unpaired) electrons. The molecule has 9 nitrogen and oxygen atoms in total. The number of hydrogen-bond acceptors (Lipinski definition) is 7. The van der Waals surface area contributed by atoms with Crippen molar-refractivity contribution in [3.8, 4) is 0 Å². The van der Waals surface area contributed by atoms with Crippen LogP contribution >= 0.6 is 7.82 Å². The highest BCUT2D eigenvalue weighted by molar-refractivity contribution is 7.47. The number of allylic oxidation sites excluding steroid dienone is 20. The Balaban J connectivity index is 3.74. The minimum atomic E-state index is -4.44. The van der Waals surface area contributed by atoms with E-state index in [1.54, 1.807) is 0 Å². The molecule has 0 bridgehead atoms. The van der Waals surface area contributed by atoms with Crippen molar-refractivity contribution in [2.45, 2.75) is 161 Å². The molecule has 2 atom stereocenters. The van der Waals surface area contributed by atoms with E-state index < -0.39 is 26.5 Å². The molecular weight excluding hydrogens is 786 g/mol. The van der Waals surface area contributed by atoms with E-state index in [9.17, 15) is 24.2 Å². The molecule has 0 rings (SSSR count). The molecule has 0 spiro atoms. The lowest BCUT2D eigenvalue weighted by Gasteiger charge is -2.15. The van der Waals surface area contributed by atoms with Crippen LogP contribution in [0.2, 0.25) is 0 Å². The van der Waals surface area contributed by atoms with E-state index in [0.29, 0.717) is 12.8 Å². The quantitative estimate of drug-likeness (QED) is 0.0240. The highest BCUT2D eigenvalue weighted by Crippen LogP contribution is 2.42. The monoisotopic (exact) mass is 868 g/mol. The third-order valence-electron chi connectivity index (χ3n) is 8.89. The summed E-state index contributed by atoms with van der Waals surface area (Å²) in [5.41, 5.74) is 0. The summed E-state index contributed by atoms with van der Waals surface area (Å²) in [4.78, 5) is 34.0. The fourth-order valence-electron chi connectivity index (χ4n) is 5.50. The molecule has 3 N–H and O–H groups in total. The van der Waals surface area contributed by atoms with Crippen LogP contribution in [-0.2, 0) is 27.9 Å². The van der Waals surface area contributed by atoms with Gasteiger partial charge in [-0.05, 0) is 96.3 Å². The molecule has 0 saturated carbocycles. The molecule has 1 amide bonds. The lowest BCUT2D eigenvalue weighted by atomic mass is 10.1. The lowest BCUT2D eigenvalue weighted by molar-refractivity contribution is -0.147. The number of aliphatic hydroxyl groups is 1. The van der Waals surface area contributed by atoms with Crippen LogP contribution in [0.3, 0.4) is 0 Å². The average Bonchev–Trinajstić information content (AvgIpc) is 3.25. The van der Waals surface area contributed by atoms with Gasteiger partial charge in [0.25, 0.3) is 0 Å². The van der Waals surface area contributed by atoms with Crippen LogP contribution in [0.4, 0.5) is 0 Å². The molecule has 2 unspecified atom stereocenters. The Morgan fingerprint density at radius 2 is 0.902 bits per heavy atom. The fourth-order valence-corrected chi connectivity index (χ4v) is 6.26. The third kappa shape index (κ3) is 47.3. The number of phosphoric ester groups is 1. The molecule has 10 heteroatoms. The number of aliphatic hydroxyl groups excluding tert-OH is 1. The highest BCUT2D eigenvalue weighted by atomic mass is 31.2. The maximum absolute atomic E-state index is 12.1. The van der Waals surface area contributed by atoms with Crippen LogP contribution in [0.5, 0.6) is 0 Å². The number of nitrogens with one attached hydrogen (secondary N) is 1. The number of esters is 1. The predicted molar refractivity (Wildman–Crippen MR) is 256 cm³/mol. The fraction of sp³-hybridized carbons (Fsp3) is 0.569. The summed E-state index contributed by atoms with van der Waals surface area (Å²) in [5.74, 6) is -0.598. The van der Waals surface area contributed by atoms with Gasteiger partial charge in [0, 0.05) is 19.4 Å². The van der Waals surface area contributed by atoms with E-state index in [4.69, 9.17) is 13.8 Å². The van der Waals surface area contributed by atoms with Crippen LogP contribution in [0.1, 0.15) is 155 Å². The van der Waals surface area contributed by atoms with Crippen molar-refractivity contribution in [1.82, 2.24) is 5.32 Å². The zero-order valence-corrected chi connectivity index (χ0v) is 38.7. The topological polar surface area (TPSA) is 131 Å². The second kappa shape index (κ2) is 45.9. The summed E-state index contributed by atoms with van der Waals surface area (Å²) in [5, 5.41) is 12.7. The number of phosphoric acid groups is 1. The van der Waals surface area contributed by atoms with Gasteiger partial charge in [-0.2, -0.15) is 0 Å². The van der Waals surface area contributed by atoms with Gasteiger partial charge in [-0.25, -0.2) is 4.57 Å². The Hall–Kier alpha value is -3.59. The predicted octanol–water partition coefficient (Wildman–Crippen LogP) is 13.3. The van der Waals surface area contributed by atoms with Crippen LogP contribution in [0.25, 0.3) is 0 Å². The van der Waals surface area contributed by atoms with Crippen LogP contribution < -0.4 is 5.32 Å². The molecule has 0 aliphatic rings.